The lowest BCUT2D eigenvalue weighted by molar-refractivity contribution is 0.112. The SMILES string of the molecule is CC(c1nc2cc(-c3ccccn3)ccc2c(=O)n1C)N(C)C1CCC1. The van der Waals surface area contributed by atoms with Crippen LogP contribution in [0.15, 0.2) is 47.4 Å². The Bertz CT molecular complexity index is 992. The second-order valence-corrected chi connectivity index (χ2v) is 7.21. The molecule has 1 aromatic carbocycles. The van der Waals surface area contributed by atoms with Gasteiger partial charge >= 0.3 is 0 Å². The highest BCUT2D eigenvalue weighted by molar-refractivity contribution is 5.83. The van der Waals surface area contributed by atoms with Crippen LogP contribution in [0.1, 0.15) is 38.1 Å². The maximum atomic E-state index is 12.9. The van der Waals surface area contributed by atoms with Crippen LogP contribution in [0.2, 0.25) is 0 Å². The Labute approximate surface area is 153 Å². The summed E-state index contributed by atoms with van der Waals surface area (Å²) in [4.78, 5) is 24.5. The van der Waals surface area contributed by atoms with Gasteiger partial charge in [0.1, 0.15) is 5.82 Å². The van der Waals surface area contributed by atoms with Crippen molar-refractivity contribution in [3.8, 4) is 11.3 Å². The quantitative estimate of drug-likeness (QED) is 0.724. The number of benzene rings is 1. The Hall–Kier alpha value is -2.53. The Morgan fingerprint density at radius 2 is 2.04 bits per heavy atom. The zero-order valence-corrected chi connectivity index (χ0v) is 15.5. The average molecular weight is 348 g/mol. The first-order chi connectivity index (χ1) is 12.6. The van der Waals surface area contributed by atoms with E-state index < -0.39 is 0 Å². The topological polar surface area (TPSA) is 51.0 Å². The van der Waals surface area contributed by atoms with E-state index in [9.17, 15) is 4.79 Å². The molecule has 26 heavy (non-hydrogen) atoms. The third kappa shape index (κ3) is 2.82. The van der Waals surface area contributed by atoms with Crippen LogP contribution in [-0.2, 0) is 7.05 Å². The molecule has 1 aliphatic carbocycles. The van der Waals surface area contributed by atoms with Crippen LogP contribution in [0, 0.1) is 0 Å². The van der Waals surface area contributed by atoms with Gasteiger partial charge in [-0.25, -0.2) is 4.98 Å². The van der Waals surface area contributed by atoms with Gasteiger partial charge < -0.3 is 0 Å². The maximum Gasteiger partial charge on any atom is 0.261 e. The maximum absolute atomic E-state index is 12.9. The summed E-state index contributed by atoms with van der Waals surface area (Å²) < 4.78 is 1.70. The second kappa shape index (κ2) is 6.65. The Balaban J connectivity index is 1.81. The van der Waals surface area contributed by atoms with Crippen molar-refractivity contribution in [1.29, 1.82) is 0 Å². The molecule has 1 unspecified atom stereocenters. The number of aromatic nitrogens is 3. The highest BCUT2D eigenvalue weighted by Gasteiger charge is 2.28. The van der Waals surface area contributed by atoms with Crippen molar-refractivity contribution < 1.29 is 0 Å². The van der Waals surface area contributed by atoms with E-state index in [0.29, 0.717) is 11.4 Å². The van der Waals surface area contributed by atoms with Crippen molar-refractivity contribution in [3.63, 3.8) is 0 Å². The first-order valence-electron chi connectivity index (χ1n) is 9.20. The Kier molecular flexibility index (Phi) is 4.32. The van der Waals surface area contributed by atoms with Crippen LogP contribution >= 0.6 is 0 Å². The van der Waals surface area contributed by atoms with Crippen LogP contribution in [0.4, 0.5) is 0 Å². The lowest BCUT2D eigenvalue weighted by Gasteiger charge is -2.38. The molecule has 2 aromatic heterocycles. The minimum atomic E-state index is 0.00595. The van der Waals surface area contributed by atoms with Crippen LogP contribution in [0.5, 0.6) is 0 Å². The molecular formula is C21H24N4O. The van der Waals surface area contributed by atoms with Gasteiger partial charge in [0.05, 0.1) is 22.6 Å². The molecule has 0 spiro atoms. The lowest BCUT2D eigenvalue weighted by Crippen LogP contribution is -2.40. The fraction of sp³-hybridized carbons (Fsp3) is 0.381. The van der Waals surface area contributed by atoms with Crippen molar-refractivity contribution in [2.45, 2.75) is 38.3 Å². The molecule has 2 heterocycles. The van der Waals surface area contributed by atoms with Gasteiger partial charge in [-0.15, -0.1) is 0 Å². The summed E-state index contributed by atoms with van der Waals surface area (Å²) in [6.07, 6.45) is 5.52. The summed E-state index contributed by atoms with van der Waals surface area (Å²) in [5.41, 5.74) is 2.61. The van der Waals surface area contributed by atoms with E-state index in [1.807, 2.05) is 43.4 Å². The van der Waals surface area contributed by atoms with Crippen LogP contribution in [0.25, 0.3) is 22.2 Å². The summed E-state index contributed by atoms with van der Waals surface area (Å²) >= 11 is 0. The zero-order valence-electron chi connectivity index (χ0n) is 15.5. The van der Waals surface area contributed by atoms with E-state index in [1.165, 1.54) is 19.3 Å². The Morgan fingerprint density at radius 3 is 2.69 bits per heavy atom. The number of nitrogens with zero attached hydrogens (tertiary/aromatic N) is 4. The van der Waals surface area contributed by atoms with Gasteiger partial charge in [0.15, 0.2) is 0 Å². The third-order valence-corrected chi connectivity index (χ3v) is 5.71. The van der Waals surface area contributed by atoms with Crippen LogP contribution in [0.3, 0.4) is 0 Å². The standard InChI is InChI=1S/C21H24N4O/c1-14(24(2)16-7-6-8-16)20-23-19-13-15(18-9-4-5-12-22-18)10-11-17(19)21(26)25(20)3/h4-5,9-14,16H,6-8H2,1-3H3. The molecule has 0 aliphatic heterocycles. The fourth-order valence-electron chi connectivity index (χ4n) is 3.65. The number of hydrogen-bond donors (Lipinski definition) is 0. The smallest absolute Gasteiger partial charge is 0.261 e. The molecule has 5 nitrogen and oxygen atoms in total. The molecule has 1 saturated carbocycles. The fourth-order valence-corrected chi connectivity index (χ4v) is 3.65. The van der Waals surface area contributed by atoms with Crippen molar-refractivity contribution in [2.24, 2.45) is 7.05 Å². The minimum absolute atomic E-state index is 0.00595. The molecule has 0 bridgehead atoms. The van der Waals surface area contributed by atoms with Gasteiger partial charge in [0, 0.05) is 24.8 Å². The first-order valence-corrected chi connectivity index (χ1v) is 9.20. The van der Waals surface area contributed by atoms with Crippen molar-refractivity contribution in [3.05, 3.63) is 58.8 Å². The summed E-state index contributed by atoms with van der Waals surface area (Å²) in [5, 5.41) is 0.648. The predicted molar refractivity (Wildman–Crippen MR) is 104 cm³/mol. The van der Waals surface area contributed by atoms with Crippen molar-refractivity contribution in [2.75, 3.05) is 7.05 Å². The normalized spacial score (nSPS) is 16.0. The predicted octanol–water partition coefficient (Wildman–Crippen LogP) is 3.54. The summed E-state index contributed by atoms with van der Waals surface area (Å²) in [6.45, 7) is 2.13. The molecule has 0 radical (unpaired) electrons. The van der Waals surface area contributed by atoms with Gasteiger partial charge in [0.2, 0.25) is 0 Å². The van der Waals surface area contributed by atoms with Crippen LogP contribution < -0.4 is 5.56 Å². The van der Waals surface area contributed by atoms with E-state index >= 15 is 0 Å². The minimum Gasteiger partial charge on any atom is -0.298 e. The van der Waals surface area contributed by atoms with Gasteiger partial charge in [-0.3, -0.25) is 19.2 Å². The largest absolute Gasteiger partial charge is 0.298 e. The summed E-state index contributed by atoms with van der Waals surface area (Å²) in [7, 11) is 3.96. The monoisotopic (exact) mass is 348 g/mol. The number of pyridine rings is 1. The third-order valence-electron chi connectivity index (χ3n) is 5.71. The zero-order chi connectivity index (χ0) is 18.3. The van der Waals surface area contributed by atoms with E-state index in [0.717, 1.165) is 22.6 Å². The van der Waals surface area contributed by atoms with Gasteiger partial charge in [-0.05, 0) is 51.1 Å². The molecule has 0 amide bonds. The molecule has 1 aliphatic rings. The van der Waals surface area contributed by atoms with E-state index in [2.05, 4.69) is 23.9 Å². The van der Waals surface area contributed by atoms with Crippen molar-refractivity contribution >= 4 is 10.9 Å². The molecule has 1 atom stereocenters. The number of hydrogen-bond acceptors (Lipinski definition) is 4. The molecule has 1 fully saturated rings. The molecule has 0 N–H and O–H groups in total. The average Bonchev–Trinajstić information content (AvgIpc) is 2.63. The second-order valence-electron chi connectivity index (χ2n) is 7.21. The highest BCUT2D eigenvalue weighted by Crippen LogP contribution is 2.30. The van der Waals surface area contributed by atoms with E-state index in [1.54, 1.807) is 10.8 Å². The molecule has 134 valence electrons. The number of rotatable bonds is 4. The molecule has 0 saturated heterocycles. The van der Waals surface area contributed by atoms with Crippen molar-refractivity contribution in [1.82, 2.24) is 19.4 Å². The highest BCUT2D eigenvalue weighted by atomic mass is 16.1. The molecule has 3 aromatic rings. The van der Waals surface area contributed by atoms with Gasteiger partial charge in [-0.1, -0.05) is 18.6 Å². The summed E-state index contributed by atoms with van der Waals surface area (Å²) in [6, 6.07) is 12.3. The summed E-state index contributed by atoms with van der Waals surface area (Å²) in [5.74, 6) is 0.815. The van der Waals surface area contributed by atoms with E-state index in [-0.39, 0.29) is 11.6 Å². The Morgan fingerprint density at radius 1 is 1.23 bits per heavy atom. The number of fused-ring (bicyclic) bond motifs is 1. The molecule has 4 rings (SSSR count). The molecule has 5 heteroatoms. The van der Waals surface area contributed by atoms with Crippen LogP contribution in [-0.4, -0.2) is 32.5 Å². The molecular weight excluding hydrogens is 324 g/mol. The van der Waals surface area contributed by atoms with Gasteiger partial charge in [0.25, 0.3) is 5.56 Å². The lowest BCUT2D eigenvalue weighted by atomic mass is 9.91. The first kappa shape index (κ1) is 16.9. The van der Waals surface area contributed by atoms with Gasteiger partial charge in [-0.2, -0.15) is 0 Å². The van der Waals surface area contributed by atoms with E-state index in [4.69, 9.17) is 4.98 Å².